The topological polar surface area (TPSA) is 77.3 Å². The third-order valence-electron chi connectivity index (χ3n) is 5.53. The van der Waals surface area contributed by atoms with Crippen molar-refractivity contribution < 1.29 is 9.53 Å². The molecule has 7 nitrogen and oxygen atoms in total. The van der Waals surface area contributed by atoms with E-state index in [0.29, 0.717) is 25.0 Å². The molecule has 2 heterocycles. The van der Waals surface area contributed by atoms with Crippen LogP contribution in [0.25, 0.3) is 10.8 Å². The fourth-order valence-electron chi connectivity index (χ4n) is 3.96. The number of hydrogen-bond donors (Lipinski definition) is 0. The fourth-order valence-corrected chi connectivity index (χ4v) is 3.96. The lowest BCUT2D eigenvalue weighted by atomic mass is 10.1. The van der Waals surface area contributed by atoms with Crippen molar-refractivity contribution in [1.29, 1.82) is 0 Å². The maximum absolute atomic E-state index is 13.4. The number of rotatable bonds is 9. The van der Waals surface area contributed by atoms with Crippen LogP contribution < -0.4 is 15.2 Å². The molecular weight excluding hydrogens is 428 g/mol. The van der Waals surface area contributed by atoms with Crippen LogP contribution in [0.2, 0.25) is 0 Å². The van der Waals surface area contributed by atoms with Crippen LogP contribution in [-0.4, -0.2) is 33.8 Å². The van der Waals surface area contributed by atoms with Gasteiger partial charge in [-0.3, -0.25) is 14.6 Å². The molecule has 2 aromatic heterocycles. The van der Waals surface area contributed by atoms with E-state index in [1.807, 2.05) is 68.4 Å². The Morgan fingerprint density at radius 1 is 1.00 bits per heavy atom. The summed E-state index contributed by atoms with van der Waals surface area (Å²) in [7, 11) is 0. The molecule has 0 unspecified atom stereocenters. The SMILES string of the molecule is CCCN(C(=O)Cn1nc(Cc2cccnc2)c2ccccc2c1=O)c1ccc(OCC)cc1. The van der Waals surface area contributed by atoms with Crippen LogP contribution in [0, 0.1) is 0 Å². The van der Waals surface area contributed by atoms with E-state index in [-0.39, 0.29) is 18.0 Å². The first kappa shape index (κ1) is 23.2. The van der Waals surface area contributed by atoms with Gasteiger partial charge in [0.25, 0.3) is 5.56 Å². The van der Waals surface area contributed by atoms with E-state index in [4.69, 9.17) is 4.74 Å². The van der Waals surface area contributed by atoms with Crippen LogP contribution in [0.5, 0.6) is 5.75 Å². The molecule has 0 aliphatic rings. The van der Waals surface area contributed by atoms with Crippen molar-refractivity contribution in [3.05, 3.63) is 94.7 Å². The molecule has 4 aromatic rings. The summed E-state index contributed by atoms with van der Waals surface area (Å²) >= 11 is 0. The van der Waals surface area contributed by atoms with Crippen molar-refractivity contribution in [2.75, 3.05) is 18.1 Å². The standard InChI is InChI=1S/C27H28N4O3/c1-3-16-30(21-11-13-22(14-12-21)34-4-2)26(32)19-31-27(33)24-10-6-5-9-23(24)25(29-31)17-20-8-7-15-28-18-20/h5-15,18H,3-4,16-17,19H2,1-2H3. The third-order valence-corrected chi connectivity index (χ3v) is 5.53. The molecule has 0 spiro atoms. The predicted octanol–water partition coefficient (Wildman–Crippen LogP) is 4.22. The summed E-state index contributed by atoms with van der Waals surface area (Å²) in [5, 5.41) is 5.96. The summed E-state index contributed by atoms with van der Waals surface area (Å²) in [5.74, 6) is 0.561. The number of fused-ring (bicyclic) bond motifs is 1. The van der Waals surface area contributed by atoms with Gasteiger partial charge in [-0.15, -0.1) is 0 Å². The molecular formula is C27H28N4O3. The molecule has 0 saturated carbocycles. The normalized spacial score (nSPS) is 10.9. The molecule has 1 amide bonds. The summed E-state index contributed by atoms with van der Waals surface area (Å²) in [6.07, 6.45) is 4.80. The number of aromatic nitrogens is 3. The Morgan fingerprint density at radius 2 is 1.76 bits per heavy atom. The summed E-state index contributed by atoms with van der Waals surface area (Å²) in [6, 6.07) is 18.7. The molecule has 0 aliphatic heterocycles. The minimum Gasteiger partial charge on any atom is -0.494 e. The highest BCUT2D eigenvalue weighted by atomic mass is 16.5. The molecule has 34 heavy (non-hydrogen) atoms. The number of amides is 1. The Labute approximate surface area is 198 Å². The molecule has 0 N–H and O–H groups in total. The number of pyridine rings is 1. The van der Waals surface area contributed by atoms with Crippen molar-refractivity contribution in [1.82, 2.24) is 14.8 Å². The second kappa shape index (κ2) is 10.7. The minimum atomic E-state index is -0.276. The van der Waals surface area contributed by atoms with Crippen LogP contribution in [0.15, 0.2) is 77.9 Å². The van der Waals surface area contributed by atoms with Gasteiger partial charge in [0.2, 0.25) is 5.91 Å². The first-order chi connectivity index (χ1) is 16.6. The average Bonchev–Trinajstić information content (AvgIpc) is 2.87. The number of anilines is 1. The number of carbonyl (C=O) groups excluding carboxylic acids is 1. The Hall–Kier alpha value is -4.00. The molecule has 0 bridgehead atoms. The van der Waals surface area contributed by atoms with Crippen LogP contribution >= 0.6 is 0 Å². The summed E-state index contributed by atoms with van der Waals surface area (Å²) in [4.78, 5) is 32.4. The van der Waals surface area contributed by atoms with E-state index >= 15 is 0 Å². The van der Waals surface area contributed by atoms with Gasteiger partial charge in [0.1, 0.15) is 12.3 Å². The maximum atomic E-state index is 13.4. The van der Waals surface area contributed by atoms with Gasteiger partial charge in [0.05, 0.1) is 17.7 Å². The zero-order valence-corrected chi connectivity index (χ0v) is 19.5. The van der Waals surface area contributed by atoms with Crippen molar-refractivity contribution in [3.8, 4) is 5.75 Å². The maximum Gasteiger partial charge on any atom is 0.275 e. The summed E-state index contributed by atoms with van der Waals surface area (Å²) in [5.41, 5.74) is 2.21. The molecule has 7 heteroatoms. The highest BCUT2D eigenvalue weighted by molar-refractivity contribution is 5.93. The van der Waals surface area contributed by atoms with Crippen molar-refractivity contribution in [2.45, 2.75) is 33.2 Å². The second-order valence-corrected chi connectivity index (χ2v) is 7.97. The summed E-state index contributed by atoms with van der Waals surface area (Å²) in [6.45, 7) is 4.92. The van der Waals surface area contributed by atoms with Crippen molar-refractivity contribution >= 4 is 22.4 Å². The number of carbonyl (C=O) groups is 1. The minimum absolute atomic E-state index is 0.142. The number of hydrogen-bond acceptors (Lipinski definition) is 5. The van der Waals surface area contributed by atoms with Gasteiger partial charge in [-0.05, 0) is 55.3 Å². The molecule has 2 aromatic carbocycles. The predicted molar refractivity (Wildman–Crippen MR) is 133 cm³/mol. The van der Waals surface area contributed by atoms with Gasteiger partial charge in [0, 0.05) is 36.4 Å². The van der Waals surface area contributed by atoms with E-state index in [1.165, 1.54) is 4.68 Å². The van der Waals surface area contributed by atoms with Gasteiger partial charge in [-0.2, -0.15) is 5.10 Å². The quantitative estimate of drug-likeness (QED) is 0.377. The molecule has 174 valence electrons. The molecule has 0 aliphatic carbocycles. The Bertz CT molecular complexity index is 1320. The number of nitrogens with zero attached hydrogens (tertiary/aromatic N) is 4. The van der Waals surface area contributed by atoms with E-state index in [9.17, 15) is 9.59 Å². The summed E-state index contributed by atoms with van der Waals surface area (Å²) < 4.78 is 6.80. The smallest absolute Gasteiger partial charge is 0.275 e. The van der Waals surface area contributed by atoms with Crippen LogP contribution in [0.1, 0.15) is 31.5 Å². The lowest BCUT2D eigenvalue weighted by Crippen LogP contribution is -2.38. The lowest BCUT2D eigenvalue weighted by Gasteiger charge is -2.23. The number of ether oxygens (including phenoxy) is 1. The van der Waals surface area contributed by atoms with Gasteiger partial charge in [-0.1, -0.05) is 31.2 Å². The first-order valence-corrected chi connectivity index (χ1v) is 11.5. The van der Waals surface area contributed by atoms with Crippen LogP contribution in [-0.2, 0) is 17.8 Å². The van der Waals surface area contributed by atoms with Gasteiger partial charge in [-0.25, -0.2) is 4.68 Å². The van der Waals surface area contributed by atoms with Crippen LogP contribution in [0.4, 0.5) is 5.69 Å². The zero-order valence-electron chi connectivity index (χ0n) is 19.5. The van der Waals surface area contributed by atoms with E-state index < -0.39 is 0 Å². The van der Waals surface area contributed by atoms with Gasteiger partial charge in [0.15, 0.2) is 0 Å². The van der Waals surface area contributed by atoms with Gasteiger partial charge < -0.3 is 9.64 Å². The molecule has 0 saturated heterocycles. The lowest BCUT2D eigenvalue weighted by molar-refractivity contribution is -0.119. The first-order valence-electron chi connectivity index (χ1n) is 11.5. The van der Waals surface area contributed by atoms with Crippen LogP contribution in [0.3, 0.4) is 0 Å². The monoisotopic (exact) mass is 456 g/mol. The number of benzene rings is 2. The molecule has 4 rings (SSSR count). The molecule has 0 radical (unpaired) electrons. The van der Waals surface area contributed by atoms with E-state index in [0.717, 1.165) is 34.5 Å². The largest absolute Gasteiger partial charge is 0.494 e. The van der Waals surface area contributed by atoms with Crippen molar-refractivity contribution in [3.63, 3.8) is 0 Å². The highest BCUT2D eigenvalue weighted by Crippen LogP contribution is 2.21. The van der Waals surface area contributed by atoms with Crippen molar-refractivity contribution in [2.24, 2.45) is 0 Å². The Morgan fingerprint density at radius 3 is 2.44 bits per heavy atom. The zero-order chi connectivity index (χ0) is 23.9. The fraction of sp³-hybridized carbons (Fsp3) is 0.259. The highest BCUT2D eigenvalue weighted by Gasteiger charge is 2.19. The van der Waals surface area contributed by atoms with Gasteiger partial charge >= 0.3 is 0 Å². The average molecular weight is 457 g/mol. The van der Waals surface area contributed by atoms with E-state index in [2.05, 4.69) is 10.1 Å². The molecule has 0 fully saturated rings. The third kappa shape index (κ3) is 5.14. The molecule has 0 atom stereocenters. The second-order valence-electron chi connectivity index (χ2n) is 7.97. The van der Waals surface area contributed by atoms with E-state index in [1.54, 1.807) is 23.4 Å². The Balaban J connectivity index is 1.67. The Kier molecular flexibility index (Phi) is 7.32.